The zero-order valence-corrected chi connectivity index (χ0v) is 13.9. The van der Waals surface area contributed by atoms with E-state index in [0.29, 0.717) is 25.9 Å². The summed E-state index contributed by atoms with van der Waals surface area (Å²) in [5, 5.41) is 6.16. The van der Waals surface area contributed by atoms with E-state index in [1.54, 1.807) is 0 Å². The number of urea groups is 1. The van der Waals surface area contributed by atoms with Crippen LogP contribution in [0.25, 0.3) is 0 Å². The second-order valence-corrected chi connectivity index (χ2v) is 6.68. The van der Waals surface area contributed by atoms with E-state index in [9.17, 15) is 9.59 Å². The molecule has 0 unspecified atom stereocenters. The van der Waals surface area contributed by atoms with Crippen molar-refractivity contribution >= 4 is 11.9 Å². The van der Waals surface area contributed by atoms with Gasteiger partial charge in [0.2, 0.25) is 5.91 Å². The molecule has 5 heteroatoms. The highest BCUT2D eigenvalue weighted by molar-refractivity contribution is 5.79. The Morgan fingerprint density at radius 3 is 2.32 bits per heavy atom. The van der Waals surface area contributed by atoms with Gasteiger partial charge in [-0.1, -0.05) is 54.6 Å². The fourth-order valence-electron chi connectivity index (χ4n) is 3.66. The highest BCUT2D eigenvalue weighted by Crippen LogP contribution is 2.26. The van der Waals surface area contributed by atoms with Crippen molar-refractivity contribution in [2.75, 3.05) is 0 Å². The van der Waals surface area contributed by atoms with Crippen LogP contribution in [-0.4, -0.2) is 22.9 Å². The average Bonchev–Trinajstić information content (AvgIpc) is 3.08. The summed E-state index contributed by atoms with van der Waals surface area (Å²) in [5.41, 5.74) is 3.42. The molecule has 2 aromatic carbocycles. The second-order valence-electron chi connectivity index (χ2n) is 6.68. The topological polar surface area (TPSA) is 61.4 Å². The SMILES string of the molecule is O=C1CC[C@@H](NC(=O)N2Cc3ccccc3C2)[C@H](c2ccccc2)N1. The molecule has 0 bridgehead atoms. The lowest BCUT2D eigenvalue weighted by atomic mass is 9.92. The monoisotopic (exact) mass is 335 g/mol. The van der Waals surface area contributed by atoms with E-state index in [0.717, 1.165) is 5.56 Å². The van der Waals surface area contributed by atoms with Gasteiger partial charge in [0.1, 0.15) is 0 Å². The van der Waals surface area contributed by atoms with Crippen LogP contribution in [0.4, 0.5) is 4.79 Å². The maximum Gasteiger partial charge on any atom is 0.318 e. The molecule has 25 heavy (non-hydrogen) atoms. The zero-order valence-electron chi connectivity index (χ0n) is 13.9. The molecule has 2 heterocycles. The van der Waals surface area contributed by atoms with Crippen LogP contribution in [0.5, 0.6) is 0 Å². The normalized spacial score (nSPS) is 22.2. The standard InChI is InChI=1S/C20H21N3O2/c24-18-11-10-17(19(22-18)14-6-2-1-3-7-14)21-20(25)23-12-15-8-4-5-9-16(15)13-23/h1-9,17,19H,10-13H2,(H,21,25)(H,22,24)/t17-,19+/m1/s1. The molecule has 1 saturated heterocycles. The zero-order chi connectivity index (χ0) is 17.2. The first-order valence-electron chi connectivity index (χ1n) is 8.67. The number of hydrogen-bond acceptors (Lipinski definition) is 2. The van der Waals surface area contributed by atoms with Crippen molar-refractivity contribution < 1.29 is 9.59 Å². The van der Waals surface area contributed by atoms with Gasteiger partial charge in [0, 0.05) is 19.5 Å². The van der Waals surface area contributed by atoms with Gasteiger partial charge in [0.15, 0.2) is 0 Å². The molecular formula is C20H21N3O2. The van der Waals surface area contributed by atoms with Crippen LogP contribution >= 0.6 is 0 Å². The molecule has 2 atom stereocenters. The van der Waals surface area contributed by atoms with Gasteiger partial charge in [-0.3, -0.25) is 4.79 Å². The van der Waals surface area contributed by atoms with Gasteiger partial charge in [-0.25, -0.2) is 4.79 Å². The van der Waals surface area contributed by atoms with E-state index >= 15 is 0 Å². The number of fused-ring (bicyclic) bond motifs is 1. The van der Waals surface area contributed by atoms with Gasteiger partial charge in [-0.05, 0) is 23.1 Å². The highest BCUT2D eigenvalue weighted by Gasteiger charge is 2.33. The summed E-state index contributed by atoms with van der Waals surface area (Å²) < 4.78 is 0. The van der Waals surface area contributed by atoms with Crippen molar-refractivity contribution in [1.82, 2.24) is 15.5 Å². The molecule has 0 aromatic heterocycles. The van der Waals surface area contributed by atoms with Crippen molar-refractivity contribution in [1.29, 1.82) is 0 Å². The Balaban J connectivity index is 1.47. The number of nitrogens with zero attached hydrogens (tertiary/aromatic N) is 1. The summed E-state index contributed by atoms with van der Waals surface area (Å²) in [6, 6.07) is 17.6. The maximum absolute atomic E-state index is 12.7. The van der Waals surface area contributed by atoms with Crippen molar-refractivity contribution in [2.24, 2.45) is 0 Å². The first-order chi connectivity index (χ1) is 12.2. The summed E-state index contributed by atoms with van der Waals surface area (Å²) >= 11 is 0. The van der Waals surface area contributed by atoms with Crippen molar-refractivity contribution in [3.05, 3.63) is 71.3 Å². The van der Waals surface area contributed by atoms with Crippen molar-refractivity contribution in [2.45, 2.75) is 38.0 Å². The van der Waals surface area contributed by atoms with Gasteiger partial charge in [0.25, 0.3) is 0 Å². The van der Waals surface area contributed by atoms with Crippen molar-refractivity contribution in [3.8, 4) is 0 Å². The number of carbonyl (C=O) groups excluding carboxylic acids is 2. The second kappa shape index (κ2) is 6.59. The molecule has 3 amide bonds. The van der Waals surface area contributed by atoms with Crippen molar-refractivity contribution in [3.63, 3.8) is 0 Å². The fourth-order valence-corrected chi connectivity index (χ4v) is 3.66. The van der Waals surface area contributed by atoms with Crippen LogP contribution in [-0.2, 0) is 17.9 Å². The molecule has 128 valence electrons. The highest BCUT2D eigenvalue weighted by atomic mass is 16.2. The molecule has 0 radical (unpaired) electrons. The molecule has 0 saturated carbocycles. The molecule has 5 nitrogen and oxygen atoms in total. The summed E-state index contributed by atoms with van der Waals surface area (Å²) in [5.74, 6) is 0.0351. The molecule has 2 N–H and O–H groups in total. The fraction of sp³-hybridized carbons (Fsp3) is 0.300. The molecule has 0 aliphatic carbocycles. The van der Waals surface area contributed by atoms with Gasteiger partial charge in [-0.2, -0.15) is 0 Å². The third-order valence-corrected chi connectivity index (χ3v) is 5.00. The average molecular weight is 335 g/mol. The van der Waals surface area contributed by atoms with Crippen LogP contribution in [0.2, 0.25) is 0 Å². The molecule has 1 fully saturated rings. The summed E-state index contributed by atoms with van der Waals surface area (Å²) in [6.07, 6.45) is 1.09. The first-order valence-corrected chi connectivity index (χ1v) is 8.67. The lowest BCUT2D eigenvalue weighted by Crippen LogP contribution is -2.52. The Morgan fingerprint density at radius 2 is 1.64 bits per heavy atom. The number of piperidine rings is 1. The number of nitrogens with one attached hydrogen (secondary N) is 2. The third kappa shape index (κ3) is 3.22. The minimum Gasteiger partial charge on any atom is -0.347 e. The summed E-state index contributed by atoms with van der Waals surface area (Å²) in [6.45, 7) is 1.27. The van der Waals surface area contributed by atoms with Gasteiger partial charge in [0.05, 0.1) is 12.1 Å². The quantitative estimate of drug-likeness (QED) is 0.886. The summed E-state index contributed by atoms with van der Waals surface area (Å²) in [4.78, 5) is 26.4. The Kier molecular flexibility index (Phi) is 4.14. The number of amides is 3. The van der Waals surface area contributed by atoms with E-state index in [4.69, 9.17) is 0 Å². The molecular weight excluding hydrogens is 314 g/mol. The van der Waals surface area contributed by atoms with Crippen LogP contribution in [0, 0.1) is 0 Å². The van der Waals surface area contributed by atoms with E-state index in [2.05, 4.69) is 22.8 Å². The minimum atomic E-state index is -0.184. The molecule has 2 aliphatic heterocycles. The lowest BCUT2D eigenvalue weighted by Gasteiger charge is -2.34. The van der Waals surface area contributed by atoms with Crippen LogP contribution < -0.4 is 10.6 Å². The minimum absolute atomic E-state index is 0.0351. The molecule has 2 aliphatic rings. The van der Waals surface area contributed by atoms with Crippen LogP contribution in [0.3, 0.4) is 0 Å². The first kappa shape index (κ1) is 15.7. The smallest absolute Gasteiger partial charge is 0.318 e. The van der Waals surface area contributed by atoms with Crippen LogP contribution in [0.1, 0.15) is 35.6 Å². The number of hydrogen-bond donors (Lipinski definition) is 2. The van der Waals surface area contributed by atoms with Gasteiger partial charge in [-0.15, -0.1) is 0 Å². The lowest BCUT2D eigenvalue weighted by molar-refractivity contribution is -0.123. The number of benzene rings is 2. The molecule has 2 aromatic rings. The van der Waals surface area contributed by atoms with Crippen LogP contribution in [0.15, 0.2) is 54.6 Å². The largest absolute Gasteiger partial charge is 0.347 e. The third-order valence-electron chi connectivity index (χ3n) is 5.00. The van der Waals surface area contributed by atoms with E-state index < -0.39 is 0 Å². The Morgan fingerprint density at radius 1 is 1.00 bits per heavy atom. The Labute approximate surface area is 147 Å². The summed E-state index contributed by atoms with van der Waals surface area (Å²) in [7, 11) is 0. The number of carbonyl (C=O) groups is 2. The van der Waals surface area contributed by atoms with Gasteiger partial charge < -0.3 is 15.5 Å². The predicted molar refractivity (Wildman–Crippen MR) is 94.6 cm³/mol. The Hall–Kier alpha value is -2.82. The van der Waals surface area contributed by atoms with Gasteiger partial charge >= 0.3 is 6.03 Å². The Bertz CT molecular complexity index is 766. The molecule has 4 rings (SSSR count). The van der Waals surface area contributed by atoms with E-state index in [1.165, 1.54) is 11.1 Å². The van der Waals surface area contributed by atoms with E-state index in [1.807, 2.05) is 47.4 Å². The number of rotatable bonds is 2. The molecule has 0 spiro atoms. The predicted octanol–water partition coefficient (Wildman–Crippen LogP) is 2.73. The van der Waals surface area contributed by atoms with E-state index in [-0.39, 0.29) is 24.0 Å². The maximum atomic E-state index is 12.7.